The molecule has 1 aromatic heterocycles. The van der Waals surface area contributed by atoms with Crippen LogP contribution in [0.25, 0.3) is 0 Å². The molecule has 5 nitrogen and oxygen atoms in total. The van der Waals surface area contributed by atoms with Gasteiger partial charge in [-0.3, -0.25) is 0 Å². The molecule has 0 saturated heterocycles. The summed E-state index contributed by atoms with van der Waals surface area (Å²) < 4.78 is 0. The summed E-state index contributed by atoms with van der Waals surface area (Å²) in [5.41, 5.74) is 1.16. The summed E-state index contributed by atoms with van der Waals surface area (Å²) in [6, 6.07) is 10.5. The molecule has 0 saturated carbocycles. The molecule has 2 aromatic rings. The maximum Gasteiger partial charge on any atom is 0.231 e. The summed E-state index contributed by atoms with van der Waals surface area (Å²) in [5, 5.41) is 3.48. The van der Waals surface area contributed by atoms with Gasteiger partial charge in [-0.1, -0.05) is 30.3 Å². The maximum absolute atomic E-state index is 6.06. The highest BCUT2D eigenvalue weighted by Crippen LogP contribution is 2.20. The zero-order valence-electron chi connectivity index (χ0n) is 13.4. The molecule has 0 spiro atoms. The highest BCUT2D eigenvalue weighted by molar-refractivity contribution is 6.28. The Balaban J connectivity index is 2.23. The second-order valence-electron chi connectivity index (χ2n) is 5.38. The topological polar surface area (TPSA) is 53.9 Å². The summed E-state index contributed by atoms with van der Waals surface area (Å²) in [5.74, 6) is 1.09. The van der Waals surface area contributed by atoms with Gasteiger partial charge in [-0.2, -0.15) is 15.0 Å². The highest BCUT2D eigenvalue weighted by atomic mass is 35.5. The van der Waals surface area contributed by atoms with Crippen LogP contribution >= 0.6 is 11.6 Å². The molecule has 0 aliphatic carbocycles. The van der Waals surface area contributed by atoms with Crippen LogP contribution in [0.5, 0.6) is 0 Å². The van der Waals surface area contributed by atoms with Gasteiger partial charge in [0.15, 0.2) is 0 Å². The predicted molar refractivity (Wildman–Crippen MR) is 91.5 cm³/mol. The van der Waals surface area contributed by atoms with Crippen molar-refractivity contribution in [3.63, 3.8) is 0 Å². The summed E-state index contributed by atoms with van der Waals surface area (Å²) in [6.07, 6.45) is 0. The van der Waals surface area contributed by atoms with E-state index in [9.17, 15) is 0 Å². The number of hydrogen-bond donors (Lipinski definition) is 1. The lowest BCUT2D eigenvalue weighted by atomic mass is 10.1. The molecule has 0 radical (unpaired) electrons. The Morgan fingerprint density at radius 2 is 1.77 bits per heavy atom. The Kier molecular flexibility index (Phi) is 5.55. The van der Waals surface area contributed by atoms with Gasteiger partial charge in [0, 0.05) is 12.6 Å². The molecule has 1 heterocycles. The van der Waals surface area contributed by atoms with Crippen molar-refractivity contribution < 1.29 is 0 Å². The molecule has 0 aliphatic heterocycles. The van der Waals surface area contributed by atoms with Crippen LogP contribution in [0.1, 0.15) is 39.3 Å². The smallest absolute Gasteiger partial charge is 0.231 e. The first kappa shape index (κ1) is 16.5. The Labute approximate surface area is 136 Å². The van der Waals surface area contributed by atoms with Crippen LogP contribution in [-0.4, -0.2) is 27.5 Å². The van der Waals surface area contributed by atoms with Crippen LogP contribution in [0.3, 0.4) is 0 Å². The molecule has 22 heavy (non-hydrogen) atoms. The predicted octanol–water partition coefficient (Wildman–Crippen LogP) is 3.93. The fourth-order valence-corrected chi connectivity index (χ4v) is 2.44. The largest absolute Gasteiger partial charge is 0.348 e. The number of aromatic nitrogens is 3. The first-order valence-electron chi connectivity index (χ1n) is 7.51. The van der Waals surface area contributed by atoms with Crippen LogP contribution in [0.15, 0.2) is 30.3 Å². The first-order chi connectivity index (χ1) is 10.5. The van der Waals surface area contributed by atoms with E-state index in [2.05, 4.69) is 65.0 Å². The minimum Gasteiger partial charge on any atom is -0.348 e. The van der Waals surface area contributed by atoms with E-state index in [1.54, 1.807) is 0 Å². The molecule has 0 fully saturated rings. The third-order valence-corrected chi connectivity index (χ3v) is 3.63. The summed E-state index contributed by atoms with van der Waals surface area (Å²) in [4.78, 5) is 15.0. The van der Waals surface area contributed by atoms with Crippen molar-refractivity contribution in [2.75, 3.05) is 16.8 Å². The molecule has 1 N–H and O–H groups in total. The number of halogens is 1. The van der Waals surface area contributed by atoms with Crippen LogP contribution < -0.4 is 10.2 Å². The van der Waals surface area contributed by atoms with E-state index in [0.717, 1.165) is 12.1 Å². The fraction of sp³-hybridized carbons (Fsp3) is 0.438. The Bertz CT molecular complexity index is 603. The number of hydrogen-bond acceptors (Lipinski definition) is 5. The van der Waals surface area contributed by atoms with E-state index < -0.39 is 0 Å². The molecule has 1 atom stereocenters. The van der Waals surface area contributed by atoms with Crippen molar-refractivity contribution in [2.45, 2.75) is 39.8 Å². The van der Waals surface area contributed by atoms with Crippen molar-refractivity contribution in [1.82, 2.24) is 15.0 Å². The Morgan fingerprint density at radius 1 is 1.09 bits per heavy atom. The highest BCUT2D eigenvalue weighted by Gasteiger charge is 2.15. The second kappa shape index (κ2) is 7.40. The van der Waals surface area contributed by atoms with Crippen LogP contribution in [-0.2, 0) is 0 Å². The number of rotatable bonds is 6. The first-order valence-corrected chi connectivity index (χ1v) is 7.88. The second-order valence-corrected chi connectivity index (χ2v) is 5.72. The zero-order valence-corrected chi connectivity index (χ0v) is 14.2. The van der Waals surface area contributed by atoms with Crippen LogP contribution in [0, 0.1) is 0 Å². The van der Waals surface area contributed by atoms with Crippen LogP contribution in [0.4, 0.5) is 11.9 Å². The molecule has 0 amide bonds. The minimum absolute atomic E-state index is 0.0849. The normalized spacial score (nSPS) is 12.3. The standard InChI is InChI=1S/C16H22ClN5/c1-5-22(11(2)3)16-20-14(17)19-15(21-16)18-12(4)13-9-7-6-8-10-13/h6-12H,5H2,1-4H3,(H,18,19,20,21)/t12-/m0/s1. The van der Waals surface area contributed by atoms with E-state index >= 15 is 0 Å². The summed E-state index contributed by atoms with van der Waals surface area (Å²) >= 11 is 6.06. The van der Waals surface area contributed by atoms with Gasteiger partial charge in [-0.25, -0.2) is 0 Å². The van der Waals surface area contributed by atoms with Gasteiger partial charge in [0.1, 0.15) is 0 Å². The lowest BCUT2D eigenvalue weighted by molar-refractivity contribution is 0.677. The van der Waals surface area contributed by atoms with Crippen molar-refractivity contribution >= 4 is 23.5 Å². The third-order valence-electron chi connectivity index (χ3n) is 3.46. The van der Waals surface area contributed by atoms with Gasteiger partial charge < -0.3 is 10.2 Å². The van der Waals surface area contributed by atoms with E-state index in [1.807, 2.05) is 18.2 Å². The molecular weight excluding hydrogens is 298 g/mol. The van der Waals surface area contributed by atoms with Gasteiger partial charge in [-0.05, 0) is 44.9 Å². The van der Waals surface area contributed by atoms with Gasteiger partial charge in [0.05, 0.1) is 6.04 Å². The Hall–Kier alpha value is -1.88. The maximum atomic E-state index is 6.06. The molecule has 1 aromatic carbocycles. The van der Waals surface area contributed by atoms with Gasteiger partial charge in [0.2, 0.25) is 17.2 Å². The molecule has 0 aliphatic rings. The summed E-state index contributed by atoms with van der Waals surface area (Å²) in [6.45, 7) is 9.14. The number of nitrogens with one attached hydrogen (secondary N) is 1. The third kappa shape index (κ3) is 4.07. The lowest BCUT2D eigenvalue weighted by Crippen LogP contribution is -2.32. The number of benzene rings is 1. The average molecular weight is 320 g/mol. The Morgan fingerprint density at radius 3 is 2.36 bits per heavy atom. The molecular formula is C16H22ClN5. The van der Waals surface area contributed by atoms with E-state index in [1.165, 1.54) is 0 Å². The van der Waals surface area contributed by atoms with Gasteiger partial charge in [-0.15, -0.1) is 0 Å². The van der Waals surface area contributed by atoms with Gasteiger partial charge >= 0.3 is 0 Å². The molecule has 0 bridgehead atoms. The molecule has 2 rings (SSSR count). The van der Waals surface area contributed by atoms with Crippen molar-refractivity contribution in [1.29, 1.82) is 0 Å². The fourth-order valence-electron chi connectivity index (χ4n) is 2.29. The van der Waals surface area contributed by atoms with E-state index in [4.69, 9.17) is 11.6 Å². The zero-order chi connectivity index (χ0) is 16.1. The average Bonchev–Trinajstić information content (AvgIpc) is 2.48. The van der Waals surface area contributed by atoms with E-state index in [0.29, 0.717) is 17.9 Å². The summed E-state index contributed by atoms with van der Waals surface area (Å²) in [7, 11) is 0. The molecule has 6 heteroatoms. The number of anilines is 2. The monoisotopic (exact) mass is 319 g/mol. The molecule has 118 valence electrons. The van der Waals surface area contributed by atoms with Crippen molar-refractivity contribution in [3.05, 3.63) is 41.2 Å². The SMILES string of the molecule is CCN(c1nc(Cl)nc(N[C@@H](C)c2ccccc2)n1)C(C)C. The molecule has 0 unspecified atom stereocenters. The number of nitrogens with zero attached hydrogens (tertiary/aromatic N) is 4. The quantitative estimate of drug-likeness (QED) is 0.874. The lowest BCUT2D eigenvalue weighted by Gasteiger charge is -2.25. The van der Waals surface area contributed by atoms with Gasteiger partial charge in [0.25, 0.3) is 0 Å². The van der Waals surface area contributed by atoms with Crippen molar-refractivity contribution in [2.24, 2.45) is 0 Å². The van der Waals surface area contributed by atoms with E-state index in [-0.39, 0.29) is 11.3 Å². The van der Waals surface area contributed by atoms with Crippen molar-refractivity contribution in [3.8, 4) is 0 Å². The minimum atomic E-state index is 0.0849. The van der Waals surface area contributed by atoms with Crippen LogP contribution in [0.2, 0.25) is 5.28 Å².